The van der Waals surface area contributed by atoms with Crippen LogP contribution in [0.2, 0.25) is 0 Å². The van der Waals surface area contributed by atoms with Crippen LogP contribution in [-0.4, -0.2) is 17.5 Å². The maximum Gasteiger partial charge on any atom is 0.194 e. The molecule has 3 rings (SSSR count). The molecule has 21 heavy (non-hydrogen) atoms. The van der Waals surface area contributed by atoms with Crippen molar-refractivity contribution in [2.24, 2.45) is 0 Å². The molecule has 2 aromatic rings. The monoisotopic (exact) mass is 284 g/mol. The Morgan fingerprint density at radius 2 is 1.86 bits per heavy atom. The minimum absolute atomic E-state index is 0.0940. The summed E-state index contributed by atoms with van der Waals surface area (Å²) in [6, 6.07) is 8.69. The van der Waals surface area contributed by atoms with E-state index >= 15 is 0 Å². The van der Waals surface area contributed by atoms with Gasteiger partial charge in [-0.3, -0.25) is 14.2 Å². The number of aromatic nitrogens is 1. The summed E-state index contributed by atoms with van der Waals surface area (Å²) in [7, 11) is 1.60. The van der Waals surface area contributed by atoms with Gasteiger partial charge in [-0.25, -0.2) is 0 Å². The van der Waals surface area contributed by atoms with Crippen LogP contribution in [-0.2, 0) is 6.42 Å². The fraction of sp³-hybridized carbons (Fsp3) is 0.250. The van der Waals surface area contributed by atoms with Crippen LogP contribution in [0.1, 0.15) is 28.9 Å². The number of anilines is 1. The van der Waals surface area contributed by atoms with E-state index in [1.807, 2.05) is 24.3 Å². The van der Waals surface area contributed by atoms with Gasteiger partial charge < -0.3 is 10.5 Å². The zero-order valence-corrected chi connectivity index (χ0v) is 11.8. The Balaban J connectivity index is 2.24. The topological polar surface area (TPSA) is 74.3 Å². The number of benzene rings is 1. The summed E-state index contributed by atoms with van der Waals surface area (Å²) in [5.74, 6) is 0.991. The Kier molecular flexibility index (Phi) is 3.25. The van der Waals surface area contributed by atoms with E-state index in [-0.39, 0.29) is 16.8 Å². The standard InChI is InChI=1S/C16H16N2O3/c1-21-11-7-5-10(6-8-11)18-12-3-2-4-13(19)16(12)14(20)9-15(18)17/h5-9H,2-4,17H2,1H3. The smallest absolute Gasteiger partial charge is 0.194 e. The van der Waals surface area contributed by atoms with Crippen LogP contribution in [0.5, 0.6) is 5.75 Å². The zero-order valence-electron chi connectivity index (χ0n) is 11.8. The van der Waals surface area contributed by atoms with Gasteiger partial charge in [0, 0.05) is 23.9 Å². The van der Waals surface area contributed by atoms with Gasteiger partial charge in [0.05, 0.1) is 12.7 Å². The first-order chi connectivity index (χ1) is 10.1. The molecule has 2 N–H and O–H groups in total. The Morgan fingerprint density at radius 1 is 1.14 bits per heavy atom. The van der Waals surface area contributed by atoms with Crippen molar-refractivity contribution in [3.05, 3.63) is 51.8 Å². The molecule has 5 nitrogen and oxygen atoms in total. The molecule has 1 heterocycles. The number of ketones is 1. The Labute approximate surface area is 122 Å². The van der Waals surface area contributed by atoms with Crippen molar-refractivity contribution in [3.63, 3.8) is 0 Å². The van der Waals surface area contributed by atoms with E-state index < -0.39 is 0 Å². The number of nitrogens with zero attached hydrogens (tertiary/aromatic N) is 1. The molecule has 0 atom stereocenters. The average molecular weight is 284 g/mol. The lowest BCUT2D eigenvalue weighted by molar-refractivity contribution is 0.0970. The number of nitrogens with two attached hydrogens (primary N) is 1. The van der Waals surface area contributed by atoms with Gasteiger partial charge in [-0.05, 0) is 37.1 Å². The zero-order chi connectivity index (χ0) is 15.0. The van der Waals surface area contributed by atoms with Crippen molar-refractivity contribution in [2.45, 2.75) is 19.3 Å². The van der Waals surface area contributed by atoms with Crippen molar-refractivity contribution >= 4 is 11.6 Å². The number of pyridine rings is 1. The van der Waals surface area contributed by atoms with Crippen molar-refractivity contribution < 1.29 is 9.53 Å². The molecule has 0 bridgehead atoms. The molecule has 1 aliphatic carbocycles. The van der Waals surface area contributed by atoms with Crippen LogP contribution in [0.4, 0.5) is 5.82 Å². The number of carbonyl (C=O) groups excluding carboxylic acids is 1. The summed E-state index contributed by atoms with van der Waals surface area (Å²) < 4.78 is 6.92. The number of carbonyl (C=O) groups is 1. The maximum atomic E-state index is 12.0. The van der Waals surface area contributed by atoms with E-state index in [4.69, 9.17) is 10.5 Å². The second-order valence-electron chi connectivity index (χ2n) is 5.07. The highest BCUT2D eigenvalue weighted by Crippen LogP contribution is 2.25. The average Bonchev–Trinajstić information content (AvgIpc) is 2.47. The SMILES string of the molecule is COc1ccc(-n2c(N)cc(=O)c3c2CCCC3=O)cc1. The maximum absolute atomic E-state index is 12.0. The molecule has 0 fully saturated rings. The second kappa shape index (κ2) is 5.09. The van der Waals surface area contributed by atoms with Crippen molar-refractivity contribution in [1.29, 1.82) is 0 Å². The van der Waals surface area contributed by atoms with Gasteiger partial charge in [-0.2, -0.15) is 0 Å². The number of rotatable bonds is 2. The van der Waals surface area contributed by atoms with Gasteiger partial charge in [0.15, 0.2) is 11.2 Å². The van der Waals surface area contributed by atoms with Gasteiger partial charge in [0.1, 0.15) is 11.6 Å². The highest BCUT2D eigenvalue weighted by molar-refractivity contribution is 5.98. The highest BCUT2D eigenvalue weighted by Gasteiger charge is 2.24. The van der Waals surface area contributed by atoms with E-state index in [1.54, 1.807) is 11.7 Å². The lowest BCUT2D eigenvalue weighted by Gasteiger charge is -2.22. The Morgan fingerprint density at radius 3 is 2.52 bits per heavy atom. The molecule has 0 spiro atoms. The Hall–Kier alpha value is -2.56. The van der Waals surface area contributed by atoms with Gasteiger partial charge in [0.25, 0.3) is 0 Å². The third-order valence-electron chi connectivity index (χ3n) is 3.77. The summed E-state index contributed by atoms with van der Waals surface area (Å²) in [5.41, 5.74) is 7.55. The van der Waals surface area contributed by atoms with Crippen molar-refractivity contribution in [2.75, 3.05) is 12.8 Å². The summed E-state index contributed by atoms with van der Waals surface area (Å²) in [5, 5.41) is 0. The van der Waals surface area contributed by atoms with E-state index in [0.29, 0.717) is 24.4 Å². The molecule has 0 amide bonds. The predicted octanol–water partition coefficient (Wildman–Crippen LogP) is 1.95. The molecule has 0 unspecified atom stereocenters. The second-order valence-corrected chi connectivity index (χ2v) is 5.07. The lowest BCUT2D eigenvalue weighted by Crippen LogP contribution is -2.27. The minimum Gasteiger partial charge on any atom is -0.497 e. The Bertz CT molecular complexity index is 760. The quantitative estimate of drug-likeness (QED) is 0.914. The first-order valence-corrected chi connectivity index (χ1v) is 6.84. The molecule has 1 aromatic carbocycles. The lowest BCUT2D eigenvalue weighted by atomic mass is 9.93. The van der Waals surface area contributed by atoms with Crippen LogP contribution in [0, 0.1) is 0 Å². The van der Waals surface area contributed by atoms with E-state index in [1.165, 1.54) is 6.07 Å². The normalized spacial score (nSPS) is 13.9. The molecule has 1 aliphatic rings. The van der Waals surface area contributed by atoms with Crippen LogP contribution < -0.4 is 15.9 Å². The highest BCUT2D eigenvalue weighted by atomic mass is 16.5. The number of nitrogen functional groups attached to an aromatic ring is 1. The number of methoxy groups -OCH3 is 1. The van der Waals surface area contributed by atoms with Crippen LogP contribution in [0.15, 0.2) is 35.1 Å². The van der Waals surface area contributed by atoms with Crippen LogP contribution >= 0.6 is 0 Å². The summed E-state index contributed by atoms with van der Waals surface area (Å²) >= 11 is 0. The van der Waals surface area contributed by atoms with Crippen LogP contribution in [0.25, 0.3) is 5.69 Å². The van der Waals surface area contributed by atoms with E-state index in [9.17, 15) is 9.59 Å². The predicted molar refractivity (Wildman–Crippen MR) is 80.3 cm³/mol. The molecule has 0 saturated carbocycles. The molecule has 5 heteroatoms. The molecule has 1 aromatic heterocycles. The largest absolute Gasteiger partial charge is 0.497 e. The number of ether oxygens (including phenoxy) is 1. The summed E-state index contributed by atoms with van der Waals surface area (Å²) in [6.45, 7) is 0. The fourth-order valence-corrected chi connectivity index (χ4v) is 2.79. The minimum atomic E-state index is -0.281. The summed E-state index contributed by atoms with van der Waals surface area (Å²) in [6.07, 6.45) is 1.84. The molecule has 108 valence electrons. The van der Waals surface area contributed by atoms with E-state index in [2.05, 4.69) is 0 Å². The fourth-order valence-electron chi connectivity index (χ4n) is 2.79. The van der Waals surface area contributed by atoms with Crippen LogP contribution in [0.3, 0.4) is 0 Å². The van der Waals surface area contributed by atoms with Gasteiger partial charge in [-0.15, -0.1) is 0 Å². The van der Waals surface area contributed by atoms with Gasteiger partial charge in [0.2, 0.25) is 0 Å². The third-order valence-corrected chi connectivity index (χ3v) is 3.77. The third kappa shape index (κ3) is 2.20. The molecular weight excluding hydrogens is 268 g/mol. The van der Waals surface area contributed by atoms with Gasteiger partial charge >= 0.3 is 0 Å². The number of hydrogen-bond acceptors (Lipinski definition) is 4. The molecule has 0 saturated heterocycles. The molecule has 0 radical (unpaired) electrons. The number of Topliss-reactive ketones (excluding diaryl/α,β-unsaturated/α-hetero) is 1. The number of hydrogen-bond donors (Lipinski definition) is 1. The first kappa shape index (κ1) is 13.4. The van der Waals surface area contributed by atoms with Crippen molar-refractivity contribution in [3.8, 4) is 11.4 Å². The van der Waals surface area contributed by atoms with Crippen molar-refractivity contribution in [1.82, 2.24) is 4.57 Å². The molecular formula is C16H16N2O3. The first-order valence-electron chi connectivity index (χ1n) is 6.84. The van der Waals surface area contributed by atoms with Gasteiger partial charge in [-0.1, -0.05) is 0 Å². The number of fused-ring (bicyclic) bond motifs is 1. The molecule has 0 aliphatic heterocycles. The van der Waals surface area contributed by atoms with E-state index in [0.717, 1.165) is 17.9 Å². The summed E-state index contributed by atoms with van der Waals surface area (Å²) in [4.78, 5) is 24.1.